The number of carbonyl (C=O) groups excluding carboxylic acids is 1. The molecule has 0 aliphatic heterocycles. The highest BCUT2D eigenvalue weighted by Crippen LogP contribution is 2.30. The molecular weight excluding hydrogens is 468 g/mol. The Hall–Kier alpha value is -3.72. The molecule has 9 heteroatoms. The lowest BCUT2D eigenvalue weighted by Gasteiger charge is -2.17. The summed E-state index contributed by atoms with van der Waals surface area (Å²) >= 11 is 0. The fourth-order valence-electron chi connectivity index (χ4n) is 3.37. The number of hydrogen-bond donors (Lipinski definition) is 2. The van der Waals surface area contributed by atoms with Gasteiger partial charge in [0.25, 0.3) is 15.9 Å². The third kappa shape index (κ3) is 6.66. The Balaban J connectivity index is 1.56. The summed E-state index contributed by atoms with van der Waals surface area (Å²) in [5, 5.41) is 2.86. The minimum Gasteiger partial charge on any atom is -0.493 e. The van der Waals surface area contributed by atoms with Gasteiger partial charge in [0.2, 0.25) is 0 Å². The number of ether oxygens (including phenoxy) is 3. The van der Waals surface area contributed by atoms with E-state index >= 15 is 0 Å². The maximum atomic E-state index is 12.7. The van der Waals surface area contributed by atoms with Crippen LogP contribution in [-0.4, -0.2) is 35.2 Å². The smallest absolute Gasteiger partial charge is 0.261 e. The zero-order valence-electron chi connectivity index (χ0n) is 20.4. The van der Waals surface area contributed by atoms with E-state index in [4.69, 9.17) is 14.2 Å². The van der Waals surface area contributed by atoms with E-state index < -0.39 is 10.0 Å². The van der Waals surface area contributed by atoms with E-state index in [1.165, 1.54) is 24.3 Å². The summed E-state index contributed by atoms with van der Waals surface area (Å²) in [6.07, 6.45) is 0. The van der Waals surface area contributed by atoms with E-state index in [1.54, 1.807) is 38.5 Å². The van der Waals surface area contributed by atoms with Crippen molar-refractivity contribution in [1.29, 1.82) is 0 Å². The molecule has 1 amide bonds. The van der Waals surface area contributed by atoms with Crippen LogP contribution in [0, 0.1) is 13.8 Å². The van der Waals surface area contributed by atoms with Gasteiger partial charge in [0.1, 0.15) is 5.75 Å². The second-order valence-electron chi connectivity index (χ2n) is 8.07. The topological polar surface area (TPSA) is 103 Å². The normalized spacial score (nSPS) is 11.9. The van der Waals surface area contributed by atoms with Crippen LogP contribution in [0.2, 0.25) is 0 Å². The van der Waals surface area contributed by atoms with Gasteiger partial charge >= 0.3 is 0 Å². The van der Waals surface area contributed by atoms with Crippen molar-refractivity contribution >= 4 is 21.6 Å². The summed E-state index contributed by atoms with van der Waals surface area (Å²) in [5.41, 5.74) is 3.42. The van der Waals surface area contributed by atoms with Gasteiger partial charge < -0.3 is 19.5 Å². The van der Waals surface area contributed by atoms with E-state index in [1.807, 2.05) is 32.9 Å². The molecular formula is C26H30N2O6S. The molecule has 8 nitrogen and oxygen atoms in total. The second kappa shape index (κ2) is 11.1. The van der Waals surface area contributed by atoms with Crippen molar-refractivity contribution in [3.05, 3.63) is 77.4 Å². The molecule has 0 fully saturated rings. The Labute approximate surface area is 206 Å². The molecule has 3 aromatic carbocycles. The van der Waals surface area contributed by atoms with Crippen LogP contribution in [0.3, 0.4) is 0 Å². The summed E-state index contributed by atoms with van der Waals surface area (Å²) in [6, 6.07) is 16.4. The predicted molar refractivity (Wildman–Crippen MR) is 135 cm³/mol. The van der Waals surface area contributed by atoms with Crippen LogP contribution in [0.25, 0.3) is 0 Å². The summed E-state index contributed by atoms with van der Waals surface area (Å²) < 4.78 is 44.0. The number of amides is 1. The average molecular weight is 499 g/mol. The number of aryl methyl sites for hydroxylation is 2. The molecule has 186 valence electrons. The van der Waals surface area contributed by atoms with Crippen molar-refractivity contribution in [1.82, 2.24) is 5.32 Å². The van der Waals surface area contributed by atoms with Crippen LogP contribution in [0.4, 0.5) is 5.69 Å². The lowest BCUT2D eigenvalue weighted by atomic mass is 10.1. The summed E-state index contributed by atoms with van der Waals surface area (Å²) in [5.74, 6) is 1.24. The molecule has 0 aliphatic carbocycles. The second-order valence-corrected chi connectivity index (χ2v) is 9.75. The first-order valence-electron chi connectivity index (χ1n) is 11.0. The van der Waals surface area contributed by atoms with Crippen LogP contribution >= 0.6 is 0 Å². The molecule has 0 aromatic heterocycles. The third-order valence-corrected chi connectivity index (χ3v) is 6.95. The first-order valence-corrected chi connectivity index (χ1v) is 12.5. The molecule has 35 heavy (non-hydrogen) atoms. The standard InChI is InChI=1S/C26H30N2O6S/c1-17-6-8-21(14-18(17)2)28-35(30,31)23-11-9-22(10-12-23)34-16-26(29)27-19(3)20-7-13-24(32-4)25(15-20)33-5/h6-15,19,28H,16H2,1-5H3,(H,27,29)/t19-/m0/s1. The monoisotopic (exact) mass is 498 g/mol. The largest absolute Gasteiger partial charge is 0.493 e. The van der Waals surface area contributed by atoms with Gasteiger partial charge in [0, 0.05) is 5.69 Å². The molecule has 0 radical (unpaired) electrons. The van der Waals surface area contributed by atoms with Crippen LogP contribution in [0.5, 0.6) is 17.2 Å². The molecule has 0 aliphatic rings. The van der Waals surface area contributed by atoms with E-state index in [2.05, 4.69) is 10.0 Å². The minimum atomic E-state index is -3.75. The maximum absolute atomic E-state index is 12.7. The number of sulfonamides is 1. The van der Waals surface area contributed by atoms with E-state index in [0.29, 0.717) is 22.9 Å². The number of methoxy groups -OCH3 is 2. The zero-order chi connectivity index (χ0) is 25.6. The number of benzene rings is 3. The van der Waals surface area contributed by atoms with Gasteiger partial charge in [-0.25, -0.2) is 8.42 Å². The van der Waals surface area contributed by atoms with E-state index in [0.717, 1.165) is 16.7 Å². The first-order chi connectivity index (χ1) is 16.6. The Morgan fingerprint density at radius 3 is 2.20 bits per heavy atom. The quantitative estimate of drug-likeness (QED) is 0.430. The summed E-state index contributed by atoms with van der Waals surface area (Å²) in [7, 11) is -0.643. The van der Waals surface area contributed by atoms with Crippen molar-refractivity contribution in [2.75, 3.05) is 25.5 Å². The van der Waals surface area contributed by atoms with Crippen LogP contribution in [-0.2, 0) is 14.8 Å². The average Bonchev–Trinajstić information content (AvgIpc) is 2.84. The van der Waals surface area contributed by atoms with Crippen molar-refractivity contribution < 1.29 is 27.4 Å². The van der Waals surface area contributed by atoms with Gasteiger partial charge in [0.15, 0.2) is 18.1 Å². The van der Waals surface area contributed by atoms with Crippen LogP contribution in [0.1, 0.15) is 29.7 Å². The number of nitrogens with one attached hydrogen (secondary N) is 2. The Morgan fingerprint density at radius 1 is 0.886 bits per heavy atom. The zero-order valence-corrected chi connectivity index (χ0v) is 21.2. The van der Waals surface area contributed by atoms with Crippen molar-refractivity contribution in [3.63, 3.8) is 0 Å². The highest BCUT2D eigenvalue weighted by molar-refractivity contribution is 7.92. The summed E-state index contributed by atoms with van der Waals surface area (Å²) in [4.78, 5) is 12.5. The predicted octanol–water partition coefficient (Wildman–Crippen LogP) is 4.38. The Morgan fingerprint density at radius 2 is 1.57 bits per heavy atom. The lowest BCUT2D eigenvalue weighted by molar-refractivity contribution is -0.123. The number of anilines is 1. The Kier molecular flexibility index (Phi) is 8.24. The molecule has 0 saturated heterocycles. The Bertz CT molecular complexity index is 1290. The molecule has 3 rings (SSSR count). The highest BCUT2D eigenvalue weighted by Gasteiger charge is 2.16. The van der Waals surface area contributed by atoms with Gasteiger partial charge in [0.05, 0.1) is 25.2 Å². The number of carbonyl (C=O) groups is 1. The molecule has 0 spiro atoms. The molecule has 2 N–H and O–H groups in total. The minimum absolute atomic E-state index is 0.0922. The molecule has 3 aromatic rings. The van der Waals surface area contributed by atoms with Crippen molar-refractivity contribution in [3.8, 4) is 17.2 Å². The molecule has 0 heterocycles. The maximum Gasteiger partial charge on any atom is 0.261 e. The van der Waals surface area contributed by atoms with Gasteiger partial charge in [-0.15, -0.1) is 0 Å². The lowest BCUT2D eigenvalue weighted by Crippen LogP contribution is -2.31. The fourth-order valence-corrected chi connectivity index (χ4v) is 4.42. The molecule has 0 saturated carbocycles. The van der Waals surface area contributed by atoms with Gasteiger partial charge in [-0.05, 0) is 86.0 Å². The van der Waals surface area contributed by atoms with Crippen LogP contribution in [0.15, 0.2) is 65.6 Å². The molecule has 0 bridgehead atoms. The van der Waals surface area contributed by atoms with Crippen molar-refractivity contribution in [2.45, 2.75) is 31.7 Å². The first kappa shape index (κ1) is 25.9. The van der Waals surface area contributed by atoms with Gasteiger partial charge in [-0.1, -0.05) is 12.1 Å². The highest BCUT2D eigenvalue weighted by atomic mass is 32.2. The number of rotatable bonds is 10. The van der Waals surface area contributed by atoms with Gasteiger partial charge in [-0.2, -0.15) is 0 Å². The summed E-state index contributed by atoms with van der Waals surface area (Å²) in [6.45, 7) is 5.51. The number of hydrogen-bond acceptors (Lipinski definition) is 6. The SMILES string of the molecule is COc1ccc([C@H](C)NC(=O)COc2ccc(S(=O)(=O)Nc3ccc(C)c(C)c3)cc2)cc1OC. The van der Waals surface area contributed by atoms with Gasteiger partial charge in [-0.3, -0.25) is 9.52 Å². The third-order valence-electron chi connectivity index (χ3n) is 5.55. The van der Waals surface area contributed by atoms with Crippen molar-refractivity contribution in [2.24, 2.45) is 0 Å². The molecule has 1 atom stereocenters. The van der Waals surface area contributed by atoms with E-state index in [9.17, 15) is 13.2 Å². The molecule has 0 unspecified atom stereocenters. The fraction of sp³-hybridized carbons (Fsp3) is 0.269. The van der Waals surface area contributed by atoms with Crippen LogP contribution < -0.4 is 24.2 Å². The van der Waals surface area contributed by atoms with E-state index in [-0.39, 0.29) is 23.5 Å².